The lowest BCUT2D eigenvalue weighted by Crippen LogP contribution is -2.30. The molecule has 0 atom stereocenters. The fourth-order valence-corrected chi connectivity index (χ4v) is 3.57. The molecule has 1 saturated carbocycles. The van der Waals surface area contributed by atoms with Crippen molar-refractivity contribution >= 4 is 21.4 Å². The van der Waals surface area contributed by atoms with E-state index in [4.69, 9.17) is 0 Å². The van der Waals surface area contributed by atoms with Crippen LogP contribution in [-0.2, 0) is 16.6 Å². The third-order valence-corrected chi connectivity index (χ3v) is 5.67. The lowest BCUT2D eigenvalue weighted by atomic mass is 10.3. The Labute approximate surface area is 113 Å². The van der Waals surface area contributed by atoms with Gasteiger partial charge in [-0.05, 0) is 48.2 Å². The van der Waals surface area contributed by atoms with E-state index < -0.39 is 10.0 Å². The molecule has 0 aromatic carbocycles. The number of nitrogens with zero attached hydrogens (tertiary/aromatic N) is 1. The summed E-state index contributed by atoms with van der Waals surface area (Å²) < 4.78 is 25.5. The van der Waals surface area contributed by atoms with Crippen molar-refractivity contribution in [1.29, 1.82) is 0 Å². The lowest BCUT2D eigenvalue weighted by Gasteiger charge is -2.16. The average molecular weight is 288 g/mol. The van der Waals surface area contributed by atoms with Gasteiger partial charge in [0.05, 0.1) is 5.75 Å². The summed E-state index contributed by atoms with van der Waals surface area (Å²) in [6, 6.07) is 2.61. The normalized spacial score (nSPS) is 16.3. The summed E-state index contributed by atoms with van der Waals surface area (Å²) in [7, 11) is -1.46. The maximum absolute atomic E-state index is 12.0. The minimum Gasteiger partial charge on any atom is -0.314 e. The maximum Gasteiger partial charge on any atom is 0.214 e. The minimum atomic E-state index is -3.12. The highest BCUT2D eigenvalue weighted by molar-refractivity contribution is 7.89. The zero-order valence-electron chi connectivity index (χ0n) is 10.6. The van der Waals surface area contributed by atoms with Gasteiger partial charge < -0.3 is 5.32 Å². The molecule has 1 aromatic heterocycles. The van der Waals surface area contributed by atoms with Gasteiger partial charge in [0.2, 0.25) is 10.0 Å². The van der Waals surface area contributed by atoms with Crippen molar-refractivity contribution in [2.24, 2.45) is 0 Å². The first-order valence-electron chi connectivity index (χ1n) is 6.26. The Hall–Kier alpha value is -0.430. The molecule has 1 N–H and O–H groups in total. The molecule has 0 bridgehead atoms. The molecular formula is C12H20N2O2S2. The van der Waals surface area contributed by atoms with Crippen LogP contribution in [0.5, 0.6) is 0 Å². The molecule has 18 heavy (non-hydrogen) atoms. The van der Waals surface area contributed by atoms with E-state index >= 15 is 0 Å². The molecule has 2 rings (SSSR count). The van der Waals surface area contributed by atoms with Crippen LogP contribution in [0.4, 0.5) is 0 Å². The smallest absolute Gasteiger partial charge is 0.214 e. The van der Waals surface area contributed by atoms with Crippen molar-refractivity contribution in [2.45, 2.75) is 31.8 Å². The Bertz CT molecular complexity index is 452. The number of rotatable bonds is 8. The Morgan fingerprint density at radius 2 is 2.28 bits per heavy atom. The van der Waals surface area contributed by atoms with E-state index in [0.717, 1.165) is 12.1 Å². The van der Waals surface area contributed by atoms with Crippen LogP contribution in [0.15, 0.2) is 16.8 Å². The Balaban J connectivity index is 1.73. The molecule has 0 saturated heterocycles. The molecule has 102 valence electrons. The number of thiophene rings is 1. The second-order valence-electron chi connectivity index (χ2n) is 4.79. The van der Waals surface area contributed by atoms with Crippen molar-refractivity contribution in [3.05, 3.63) is 22.4 Å². The van der Waals surface area contributed by atoms with Gasteiger partial charge in [0.1, 0.15) is 0 Å². The van der Waals surface area contributed by atoms with Crippen molar-refractivity contribution < 1.29 is 8.42 Å². The molecule has 6 heteroatoms. The predicted molar refractivity (Wildman–Crippen MR) is 75.2 cm³/mol. The molecule has 1 aliphatic carbocycles. The number of sulfonamides is 1. The third kappa shape index (κ3) is 4.35. The van der Waals surface area contributed by atoms with Gasteiger partial charge in [-0.15, -0.1) is 0 Å². The van der Waals surface area contributed by atoms with E-state index in [0.29, 0.717) is 19.0 Å². The van der Waals surface area contributed by atoms with Gasteiger partial charge in [0, 0.05) is 19.6 Å². The quantitative estimate of drug-likeness (QED) is 0.740. The summed E-state index contributed by atoms with van der Waals surface area (Å²) in [6.45, 7) is 1.28. The van der Waals surface area contributed by atoms with Crippen LogP contribution in [0.3, 0.4) is 0 Å². The van der Waals surface area contributed by atoms with Gasteiger partial charge in [0.25, 0.3) is 0 Å². The van der Waals surface area contributed by atoms with E-state index in [1.165, 1.54) is 17.1 Å². The van der Waals surface area contributed by atoms with Gasteiger partial charge in [-0.3, -0.25) is 0 Å². The molecule has 1 fully saturated rings. The number of hydrogen-bond acceptors (Lipinski definition) is 4. The maximum atomic E-state index is 12.0. The van der Waals surface area contributed by atoms with E-state index in [1.807, 2.05) is 16.8 Å². The number of hydrogen-bond donors (Lipinski definition) is 1. The second-order valence-corrected chi connectivity index (χ2v) is 7.76. The predicted octanol–water partition coefficient (Wildman–Crippen LogP) is 1.65. The molecule has 0 unspecified atom stereocenters. The summed E-state index contributed by atoms with van der Waals surface area (Å²) in [5.41, 5.74) is 1.06. The fraction of sp³-hybridized carbons (Fsp3) is 0.667. The van der Waals surface area contributed by atoms with Gasteiger partial charge >= 0.3 is 0 Å². The summed E-state index contributed by atoms with van der Waals surface area (Å²) >= 11 is 1.59. The monoisotopic (exact) mass is 288 g/mol. The summed E-state index contributed by atoms with van der Waals surface area (Å²) in [5, 5.41) is 7.29. The van der Waals surface area contributed by atoms with E-state index in [-0.39, 0.29) is 5.75 Å². The standard InChI is InChI=1S/C12H20N2O2S2/c1-14(9-11-5-7-17-10-11)18(15,16)8-2-6-13-12-3-4-12/h5,7,10,12-13H,2-4,6,8-9H2,1H3. The Morgan fingerprint density at radius 1 is 1.50 bits per heavy atom. The first-order chi connectivity index (χ1) is 8.58. The van der Waals surface area contributed by atoms with Crippen molar-refractivity contribution in [1.82, 2.24) is 9.62 Å². The molecule has 0 radical (unpaired) electrons. The highest BCUT2D eigenvalue weighted by Crippen LogP contribution is 2.18. The zero-order chi connectivity index (χ0) is 13.0. The highest BCUT2D eigenvalue weighted by Gasteiger charge is 2.21. The van der Waals surface area contributed by atoms with E-state index in [9.17, 15) is 8.42 Å². The Morgan fingerprint density at radius 3 is 2.89 bits per heavy atom. The SMILES string of the molecule is CN(Cc1ccsc1)S(=O)(=O)CCCNC1CC1. The zero-order valence-corrected chi connectivity index (χ0v) is 12.3. The van der Waals surface area contributed by atoms with E-state index in [1.54, 1.807) is 18.4 Å². The second kappa shape index (κ2) is 6.14. The van der Waals surface area contributed by atoms with Crippen LogP contribution >= 0.6 is 11.3 Å². The van der Waals surface area contributed by atoms with Gasteiger partial charge in [-0.25, -0.2) is 12.7 Å². The summed E-state index contributed by atoms with van der Waals surface area (Å²) in [5.74, 6) is 0.230. The van der Waals surface area contributed by atoms with Crippen molar-refractivity contribution in [3.8, 4) is 0 Å². The van der Waals surface area contributed by atoms with Crippen molar-refractivity contribution in [2.75, 3.05) is 19.3 Å². The van der Waals surface area contributed by atoms with Gasteiger partial charge in [-0.2, -0.15) is 11.3 Å². The average Bonchev–Trinajstić information content (AvgIpc) is 3.01. The van der Waals surface area contributed by atoms with Crippen molar-refractivity contribution in [3.63, 3.8) is 0 Å². The van der Waals surface area contributed by atoms with Gasteiger partial charge in [0.15, 0.2) is 0 Å². The summed E-state index contributed by atoms with van der Waals surface area (Å²) in [6.07, 6.45) is 3.17. The third-order valence-electron chi connectivity index (χ3n) is 3.05. The van der Waals surface area contributed by atoms with Crippen LogP contribution in [0.2, 0.25) is 0 Å². The molecule has 1 aliphatic rings. The fourth-order valence-electron chi connectivity index (χ4n) is 1.74. The van der Waals surface area contributed by atoms with Gasteiger partial charge in [-0.1, -0.05) is 0 Å². The van der Waals surface area contributed by atoms with Crippen LogP contribution in [0, 0.1) is 0 Å². The first-order valence-corrected chi connectivity index (χ1v) is 8.81. The van der Waals surface area contributed by atoms with E-state index in [2.05, 4.69) is 5.32 Å². The Kier molecular flexibility index (Phi) is 4.77. The first kappa shape index (κ1) is 14.0. The van der Waals surface area contributed by atoms with Crippen LogP contribution < -0.4 is 5.32 Å². The molecule has 0 amide bonds. The summed E-state index contributed by atoms with van der Waals surface area (Å²) in [4.78, 5) is 0. The van der Waals surface area contributed by atoms with Crippen LogP contribution in [0.1, 0.15) is 24.8 Å². The van der Waals surface area contributed by atoms with Crippen LogP contribution in [-0.4, -0.2) is 38.1 Å². The molecule has 0 spiro atoms. The van der Waals surface area contributed by atoms with Crippen LogP contribution in [0.25, 0.3) is 0 Å². The lowest BCUT2D eigenvalue weighted by molar-refractivity contribution is 0.465. The largest absolute Gasteiger partial charge is 0.314 e. The highest BCUT2D eigenvalue weighted by atomic mass is 32.2. The topological polar surface area (TPSA) is 49.4 Å². The molecule has 1 heterocycles. The number of nitrogens with one attached hydrogen (secondary N) is 1. The minimum absolute atomic E-state index is 0.230. The molecule has 1 aromatic rings. The molecular weight excluding hydrogens is 268 g/mol. The molecule has 0 aliphatic heterocycles. The molecule has 4 nitrogen and oxygen atoms in total.